The zero-order chi connectivity index (χ0) is 16.2. The van der Waals surface area contributed by atoms with Crippen molar-refractivity contribution in [3.05, 3.63) is 29.8 Å². The Bertz CT molecular complexity index is 541. The maximum absolute atomic E-state index is 12.5. The van der Waals surface area contributed by atoms with E-state index in [1.165, 1.54) is 0 Å². The van der Waals surface area contributed by atoms with Gasteiger partial charge in [0.2, 0.25) is 0 Å². The van der Waals surface area contributed by atoms with Gasteiger partial charge in [-0.1, -0.05) is 11.8 Å². The fourth-order valence-electron chi connectivity index (χ4n) is 3.23. The van der Waals surface area contributed by atoms with Crippen LogP contribution in [-0.2, 0) is 0 Å². The Labute approximate surface area is 151 Å². The summed E-state index contributed by atoms with van der Waals surface area (Å²) in [6.45, 7) is 5.60. The molecule has 0 aliphatic carbocycles. The van der Waals surface area contributed by atoms with E-state index in [-0.39, 0.29) is 18.3 Å². The number of piperazine rings is 1. The minimum Gasteiger partial charge on any atom is -0.337 e. The van der Waals surface area contributed by atoms with Crippen LogP contribution < -0.4 is 5.32 Å². The lowest BCUT2D eigenvalue weighted by Crippen LogP contribution is -2.49. The highest BCUT2D eigenvalue weighted by Crippen LogP contribution is 2.26. The Morgan fingerprint density at radius 2 is 1.83 bits per heavy atom. The van der Waals surface area contributed by atoms with Gasteiger partial charge in [0.15, 0.2) is 0 Å². The van der Waals surface area contributed by atoms with Crippen LogP contribution in [-0.4, -0.2) is 66.8 Å². The summed E-state index contributed by atoms with van der Waals surface area (Å²) in [5.74, 6) is -2.44. The van der Waals surface area contributed by atoms with Crippen molar-refractivity contribution in [2.45, 2.75) is 23.1 Å². The number of hydrogen-bond acceptors (Lipinski definition) is 4. The number of amides is 1. The summed E-state index contributed by atoms with van der Waals surface area (Å²) >= 11 is 0.499. The molecule has 0 aromatic heterocycles. The minimum atomic E-state index is -2.44. The van der Waals surface area contributed by atoms with Crippen LogP contribution in [0.4, 0.5) is 8.78 Å². The van der Waals surface area contributed by atoms with Crippen molar-refractivity contribution in [3.8, 4) is 0 Å². The third-order valence-electron chi connectivity index (χ3n) is 4.45. The number of benzene rings is 1. The average molecular weight is 378 g/mol. The summed E-state index contributed by atoms with van der Waals surface area (Å²) in [7, 11) is 0. The maximum atomic E-state index is 12.5. The van der Waals surface area contributed by atoms with Gasteiger partial charge in [-0.3, -0.25) is 9.69 Å². The number of carbonyl (C=O) groups is 1. The Kier molecular flexibility index (Phi) is 7.28. The molecule has 2 saturated heterocycles. The number of nitrogens with one attached hydrogen (secondary N) is 1. The van der Waals surface area contributed by atoms with E-state index in [1.54, 1.807) is 24.3 Å². The fourth-order valence-corrected chi connectivity index (χ4v) is 3.73. The zero-order valence-electron chi connectivity index (χ0n) is 13.3. The third-order valence-corrected chi connectivity index (χ3v) is 5.17. The standard InChI is InChI=1S/C16H21F2N3OS.ClH/c17-16(18)23-14-3-1-12(2-4-14)15(22)21-8-5-13(11-21)20-9-6-19-7-10-20;/h1-4,13,16,19H,5-11H2;1H. The second kappa shape index (κ2) is 8.99. The summed E-state index contributed by atoms with van der Waals surface area (Å²) in [6, 6.07) is 6.91. The van der Waals surface area contributed by atoms with E-state index in [9.17, 15) is 13.6 Å². The molecule has 1 aromatic rings. The molecule has 1 aromatic carbocycles. The number of hydrogen-bond donors (Lipinski definition) is 1. The van der Waals surface area contributed by atoms with Gasteiger partial charge in [-0.2, -0.15) is 8.78 Å². The lowest BCUT2D eigenvalue weighted by molar-refractivity contribution is 0.0773. The van der Waals surface area contributed by atoms with E-state index in [4.69, 9.17) is 0 Å². The molecule has 0 radical (unpaired) electrons. The van der Waals surface area contributed by atoms with E-state index in [0.29, 0.717) is 28.3 Å². The molecule has 0 saturated carbocycles. The maximum Gasteiger partial charge on any atom is 0.288 e. The smallest absolute Gasteiger partial charge is 0.288 e. The summed E-state index contributed by atoms with van der Waals surface area (Å²) < 4.78 is 24.6. The molecule has 3 rings (SSSR count). The normalized spacial score (nSPS) is 21.8. The molecule has 1 unspecified atom stereocenters. The number of nitrogens with zero attached hydrogens (tertiary/aromatic N) is 2. The second-order valence-electron chi connectivity index (χ2n) is 5.88. The van der Waals surface area contributed by atoms with Gasteiger partial charge in [-0.15, -0.1) is 12.4 Å². The van der Waals surface area contributed by atoms with Crippen molar-refractivity contribution in [1.82, 2.24) is 15.1 Å². The Morgan fingerprint density at radius 3 is 2.46 bits per heavy atom. The van der Waals surface area contributed by atoms with Gasteiger partial charge in [-0.05, 0) is 30.7 Å². The molecular formula is C16H22ClF2N3OS. The lowest BCUT2D eigenvalue weighted by atomic mass is 10.2. The van der Waals surface area contributed by atoms with Gasteiger partial charge in [0, 0.05) is 55.8 Å². The van der Waals surface area contributed by atoms with Crippen LogP contribution in [0, 0.1) is 0 Å². The van der Waals surface area contributed by atoms with E-state index >= 15 is 0 Å². The van der Waals surface area contributed by atoms with Gasteiger partial charge in [-0.25, -0.2) is 0 Å². The molecule has 24 heavy (non-hydrogen) atoms. The molecule has 134 valence electrons. The SMILES string of the molecule is Cl.O=C(c1ccc(SC(F)F)cc1)N1CCC(N2CCNCC2)C1. The van der Waals surface area contributed by atoms with Crippen molar-refractivity contribution in [1.29, 1.82) is 0 Å². The predicted molar refractivity (Wildman–Crippen MR) is 94.3 cm³/mol. The van der Waals surface area contributed by atoms with Crippen LogP contribution >= 0.6 is 24.2 Å². The first-order chi connectivity index (χ1) is 11.1. The first-order valence-electron chi connectivity index (χ1n) is 7.92. The highest BCUT2D eigenvalue weighted by atomic mass is 35.5. The first-order valence-corrected chi connectivity index (χ1v) is 8.80. The van der Waals surface area contributed by atoms with Crippen molar-refractivity contribution in [3.63, 3.8) is 0 Å². The van der Waals surface area contributed by atoms with Crippen LogP contribution in [0.3, 0.4) is 0 Å². The molecule has 0 bridgehead atoms. The Balaban J connectivity index is 0.00000208. The lowest BCUT2D eigenvalue weighted by Gasteiger charge is -2.32. The molecule has 2 aliphatic rings. The number of rotatable bonds is 4. The van der Waals surface area contributed by atoms with E-state index < -0.39 is 5.76 Å². The Morgan fingerprint density at radius 1 is 1.17 bits per heavy atom. The van der Waals surface area contributed by atoms with Gasteiger partial charge in [0.25, 0.3) is 11.7 Å². The van der Waals surface area contributed by atoms with Gasteiger partial charge in [0.1, 0.15) is 0 Å². The molecule has 0 spiro atoms. The van der Waals surface area contributed by atoms with Crippen molar-refractivity contribution < 1.29 is 13.6 Å². The second-order valence-corrected chi connectivity index (χ2v) is 6.95. The molecule has 1 N–H and O–H groups in total. The highest BCUT2D eigenvalue weighted by Gasteiger charge is 2.31. The van der Waals surface area contributed by atoms with E-state index in [2.05, 4.69) is 10.2 Å². The quantitative estimate of drug-likeness (QED) is 0.818. The van der Waals surface area contributed by atoms with Crippen LogP contribution in [0.15, 0.2) is 29.2 Å². The molecule has 1 atom stereocenters. The molecule has 1 amide bonds. The number of likely N-dealkylation sites (tertiary alicyclic amines) is 1. The zero-order valence-corrected chi connectivity index (χ0v) is 14.9. The number of carbonyl (C=O) groups excluding carboxylic acids is 1. The molecule has 2 heterocycles. The largest absolute Gasteiger partial charge is 0.337 e. The van der Waals surface area contributed by atoms with Gasteiger partial charge < -0.3 is 10.2 Å². The summed E-state index contributed by atoms with van der Waals surface area (Å²) in [4.78, 5) is 17.4. The van der Waals surface area contributed by atoms with Crippen LogP contribution in [0.25, 0.3) is 0 Å². The summed E-state index contributed by atoms with van der Waals surface area (Å²) in [6.07, 6.45) is 1.01. The first kappa shape index (κ1) is 19.4. The Hall–Kier alpha value is -0.890. The molecule has 4 nitrogen and oxygen atoms in total. The van der Waals surface area contributed by atoms with Crippen LogP contribution in [0.2, 0.25) is 0 Å². The summed E-state index contributed by atoms with van der Waals surface area (Å²) in [5.41, 5.74) is 0.574. The van der Waals surface area contributed by atoms with E-state index in [0.717, 1.165) is 45.7 Å². The molecule has 2 aliphatic heterocycles. The topological polar surface area (TPSA) is 35.6 Å². The predicted octanol–water partition coefficient (Wildman–Crippen LogP) is 2.54. The summed E-state index contributed by atoms with van der Waals surface area (Å²) in [5, 5.41) is 3.34. The minimum absolute atomic E-state index is 0. The van der Waals surface area contributed by atoms with Crippen molar-refractivity contribution >= 4 is 30.1 Å². The van der Waals surface area contributed by atoms with Crippen LogP contribution in [0.5, 0.6) is 0 Å². The third kappa shape index (κ3) is 4.81. The molecular weight excluding hydrogens is 356 g/mol. The number of alkyl halides is 2. The monoisotopic (exact) mass is 377 g/mol. The van der Waals surface area contributed by atoms with Crippen molar-refractivity contribution in [2.75, 3.05) is 39.3 Å². The highest BCUT2D eigenvalue weighted by molar-refractivity contribution is 7.99. The van der Waals surface area contributed by atoms with E-state index in [1.807, 2.05) is 4.90 Å². The van der Waals surface area contributed by atoms with Crippen LogP contribution in [0.1, 0.15) is 16.8 Å². The molecule has 8 heteroatoms. The number of halogens is 3. The fraction of sp³-hybridized carbons (Fsp3) is 0.562. The molecule has 2 fully saturated rings. The van der Waals surface area contributed by atoms with Gasteiger partial charge in [0.05, 0.1) is 0 Å². The van der Waals surface area contributed by atoms with Crippen molar-refractivity contribution in [2.24, 2.45) is 0 Å². The van der Waals surface area contributed by atoms with Gasteiger partial charge >= 0.3 is 0 Å². The number of thioether (sulfide) groups is 1. The average Bonchev–Trinajstić information content (AvgIpc) is 3.05.